The van der Waals surface area contributed by atoms with Gasteiger partial charge >= 0.3 is 5.97 Å². The van der Waals surface area contributed by atoms with Crippen molar-refractivity contribution in [3.05, 3.63) is 23.5 Å². The predicted octanol–water partition coefficient (Wildman–Crippen LogP) is 0.688. The van der Waals surface area contributed by atoms with E-state index >= 15 is 0 Å². The SMILES string of the molecule is COC(=O)Cc1c(N)ccnc1C. The van der Waals surface area contributed by atoms with E-state index in [1.54, 1.807) is 12.3 Å². The van der Waals surface area contributed by atoms with E-state index in [0.29, 0.717) is 5.69 Å². The normalized spacial score (nSPS) is 9.69. The number of carbonyl (C=O) groups excluding carboxylic acids is 1. The van der Waals surface area contributed by atoms with Gasteiger partial charge in [0, 0.05) is 23.1 Å². The molecular weight excluding hydrogens is 168 g/mol. The first-order chi connectivity index (χ1) is 6.15. The molecule has 1 aromatic rings. The van der Waals surface area contributed by atoms with E-state index in [0.717, 1.165) is 11.3 Å². The number of nitrogens with zero attached hydrogens (tertiary/aromatic N) is 1. The Morgan fingerprint density at radius 2 is 2.38 bits per heavy atom. The Hall–Kier alpha value is -1.58. The average molecular weight is 180 g/mol. The van der Waals surface area contributed by atoms with Crippen molar-refractivity contribution in [1.29, 1.82) is 0 Å². The summed E-state index contributed by atoms with van der Waals surface area (Å²) in [7, 11) is 1.35. The summed E-state index contributed by atoms with van der Waals surface area (Å²) in [5.74, 6) is -0.303. The molecule has 0 unspecified atom stereocenters. The van der Waals surface area contributed by atoms with Crippen LogP contribution in [0.3, 0.4) is 0 Å². The van der Waals surface area contributed by atoms with E-state index in [-0.39, 0.29) is 12.4 Å². The first-order valence-corrected chi connectivity index (χ1v) is 3.92. The van der Waals surface area contributed by atoms with Gasteiger partial charge in [0.1, 0.15) is 0 Å². The first kappa shape index (κ1) is 9.51. The average Bonchev–Trinajstić information content (AvgIpc) is 2.11. The predicted molar refractivity (Wildman–Crippen MR) is 49.1 cm³/mol. The summed E-state index contributed by atoms with van der Waals surface area (Å²) in [6.45, 7) is 1.81. The molecule has 0 saturated carbocycles. The second kappa shape index (κ2) is 3.89. The number of ether oxygens (including phenoxy) is 1. The fraction of sp³-hybridized carbons (Fsp3) is 0.333. The number of methoxy groups -OCH3 is 1. The van der Waals surface area contributed by atoms with Crippen LogP contribution in [0.25, 0.3) is 0 Å². The highest BCUT2D eigenvalue weighted by Gasteiger charge is 2.09. The number of aryl methyl sites for hydroxylation is 1. The Balaban J connectivity index is 2.93. The van der Waals surface area contributed by atoms with Crippen LogP contribution in [-0.2, 0) is 16.0 Å². The van der Waals surface area contributed by atoms with Gasteiger partial charge in [-0.05, 0) is 13.0 Å². The number of esters is 1. The van der Waals surface area contributed by atoms with Crippen molar-refractivity contribution in [3.8, 4) is 0 Å². The number of carbonyl (C=O) groups is 1. The highest BCUT2D eigenvalue weighted by Crippen LogP contribution is 2.14. The molecule has 0 amide bonds. The third-order valence-electron chi connectivity index (χ3n) is 1.86. The summed E-state index contributed by atoms with van der Waals surface area (Å²) in [6, 6.07) is 1.67. The van der Waals surface area contributed by atoms with E-state index in [9.17, 15) is 4.79 Å². The zero-order chi connectivity index (χ0) is 9.84. The second-order valence-electron chi connectivity index (χ2n) is 2.72. The van der Waals surface area contributed by atoms with Gasteiger partial charge in [-0.25, -0.2) is 0 Å². The number of hydrogen-bond donors (Lipinski definition) is 1. The lowest BCUT2D eigenvalue weighted by atomic mass is 10.1. The van der Waals surface area contributed by atoms with Crippen LogP contribution in [-0.4, -0.2) is 18.1 Å². The zero-order valence-corrected chi connectivity index (χ0v) is 7.70. The van der Waals surface area contributed by atoms with Crippen molar-refractivity contribution in [2.45, 2.75) is 13.3 Å². The van der Waals surface area contributed by atoms with Crippen LogP contribution in [0.1, 0.15) is 11.3 Å². The summed E-state index contributed by atoms with van der Waals surface area (Å²) in [5, 5.41) is 0. The van der Waals surface area contributed by atoms with Crippen molar-refractivity contribution in [2.75, 3.05) is 12.8 Å². The van der Waals surface area contributed by atoms with Crippen LogP contribution in [0.4, 0.5) is 5.69 Å². The van der Waals surface area contributed by atoms with Crippen molar-refractivity contribution in [3.63, 3.8) is 0 Å². The number of pyridine rings is 1. The molecule has 0 aliphatic carbocycles. The quantitative estimate of drug-likeness (QED) is 0.680. The summed E-state index contributed by atoms with van der Waals surface area (Å²) >= 11 is 0. The molecule has 0 atom stereocenters. The van der Waals surface area contributed by atoms with E-state index in [2.05, 4.69) is 9.72 Å². The van der Waals surface area contributed by atoms with Crippen LogP contribution in [0, 0.1) is 6.92 Å². The van der Waals surface area contributed by atoms with Crippen molar-refractivity contribution in [1.82, 2.24) is 4.98 Å². The molecular formula is C9H12N2O2. The van der Waals surface area contributed by atoms with Crippen LogP contribution in [0.15, 0.2) is 12.3 Å². The fourth-order valence-electron chi connectivity index (χ4n) is 1.06. The lowest BCUT2D eigenvalue weighted by molar-refractivity contribution is -0.139. The second-order valence-corrected chi connectivity index (χ2v) is 2.72. The number of aromatic nitrogens is 1. The molecule has 0 radical (unpaired) electrons. The highest BCUT2D eigenvalue weighted by atomic mass is 16.5. The summed E-state index contributed by atoms with van der Waals surface area (Å²) < 4.78 is 4.54. The highest BCUT2D eigenvalue weighted by molar-refractivity contribution is 5.75. The van der Waals surface area contributed by atoms with Gasteiger partial charge in [0.05, 0.1) is 13.5 Å². The number of nitrogen functional groups attached to an aromatic ring is 1. The van der Waals surface area contributed by atoms with Gasteiger partial charge in [-0.1, -0.05) is 0 Å². The van der Waals surface area contributed by atoms with Gasteiger partial charge in [-0.2, -0.15) is 0 Å². The molecule has 4 nitrogen and oxygen atoms in total. The van der Waals surface area contributed by atoms with E-state index < -0.39 is 0 Å². The molecule has 1 rings (SSSR count). The summed E-state index contributed by atoms with van der Waals surface area (Å²) in [6.07, 6.45) is 1.80. The standard InChI is InChI=1S/C9H12N2O2/c1-6-7(5-9(12)13-2)8(10)3-4-11-6/h3-4H,5H2,1-2H3,(H2,10,11). The number of nitrogens with two attached hydrogens (primary N) is 1. The maximum atomic E-state index is 11.0. The Bertz CT molecular complexity index is 303. The molecule has 0 saturated heterocycles. The first-order valence-electron chi connectivity index (χ1n) is 3.92. The zero-order valence-electron chi connectivity index (χ0n) is 7.70. The fourth-order valence-corrected chi connectivity index (χ4v) is 1.06. The van der Waals surface area contributed by atoms with Crippen molar-refractivity contribution in [2.24, 2.45) is 0 Å². The molecule has 4 heteroatoms. The van der Waals surface area contributed by atoms with E-state index in [4.69, 9.17) is 5.73 Å². The van der Waals surface area contributed by atoms with Crippen LogP contribution in [0.5, 0.6) is 0 Å². The Kier molecular flexibility index (Phi) is 2.84. The molecule has 1 heterocycles. The lowest BCUT2D eigenvalue weighted by Crippen LogP contribution is -2.09. The molecule has 0 bridgehead atoms. The minimum absolute atomic E-state index is 0.183. The largest absolute Gasteiger partial charge is 0.469 e. The topological polar surface area (TPSA) is 65.2 Å². The van der Waals surface area contributed by atoms with Gasteiger partial charge < -0.3 is 10.5 Å². The summed E-state index contributed by atoms with van der Waals surface area (Å²) in [4.78, 5) is 15.0. The number of rotatable bonds is 2. The van der Waals surface area contributed by atoms with Crippen LogP contribution >= 0.6 is 0 Å². The Morgan fingerprint density at radius 3 is 2.92 bits per heavy atom. The lowest BCUT2D eigenvalue weighted by Gasteiger charge is -2.06. The Morgan fingerprint density at radius 1 is 1.69 bits per heavy atom. The maximum Gasteiger partial charge on any atom is 0.310 e. The summed E-state index contributed by atoms with van der Waals surface area (Å²) in [5.41, 5.74) is 7.77. The monoisotopic (exact) mass is 180 g/mol. The van der Waals surface area contributed by atoms with E-state index in [1.165, 1.54) is 7.11 Å². The molecule has 0 fully saturated rings. The molecule has 0 aliphatic heterocycles. The van der Waals surface area contributed by atoms with Crippen LogP contribution < -0.4 is 5.73 Å². The van der Waals surface area contributed by atoms with Gasteiger partial charge in [0.15, 0.2) is 0 Å². The molecule has 1 aromatic heterocycles. The molecule has 0 spiro atoms. The van der Waals surface area contributed by atoms with Crippen molar-refractivity contribution < 1.29 is 9.53 Å². The third-order valence-corrected chi connectivity index (χ3v) is 1.86. The molecule has 0 aromatic carbocycles. The number of anilines is 1. The molecule has 2 N–H and O–H groups in total. The molecule has 70 valence electrons. The number of hydrogen-bond acceptors (Lipinski definition) is 4. The Labute approximate surface area is 76.7 Å². The molecule has 13 heavy (non-hydrogen) atoms. The minimum Gasteiger partial charge on any atom is -0.469 e. The van der Waals surface area contributed by atoms with Crippen molar-refractivity contribution >= 4 is 11.7 Å². The van der Waals surface area contributed by atoms with Crippen LogP contribution in [0.2, 0.25) is 0 Å². The minimum atomic E-state index is -0.303. The van der Waals surface area contributed by atoms with Gasteiger partial charge in [0.2, 0.25) is 0 Å². The van der Waals surface area contributed by atoms with E-state index in [1.807, 2.05) is 6.92 Å². The smallest absolute Gasteiger partial charge is 0.310 e. The van der Waals surface area contributed by atoms with Gasteiger partial charge in [-0.3, -0.25) is 9.78 Å². The molecule has 0 aliphatic rings. The van der Waals surface area contributed by atoms with Gasteiger partial charge in [-0.15, -0.1) is 0 Å². The van der Waals surface area contributed by atoms with Gasteiger partial charge in [0.25, 0.3) is 0 Å². The maximum absolute atomic E-state index is 11.0. The third kappa shape index (κ3) is 2.18.